The molecule has 0 atom stereocenters. The average molecular weight is 304 g/mol. The van der Waals surface area contributed by atoms with Crippen LogP contribution < -0.4 is 5.32 Å². The molecule has 1 aromatic heterocycles. The number of aliphatic hydroxyl groups excluding tert-OH is 1. The highest BCUT2D eigenvalue weighted by molar-refractivity contribution is 7.16. The number of aliphatic hydroxyl groups is 1. The number of carbonyl (C=O) groups is 1. The van der Waals surface area contributed by atoms with Crippen molar-refractivity contribution in [2.24, 2.45) is 5.41 Å². The zero-order valence-electron chi connectivity index (χ0n) is 11.5. The molecule has 0 saturated heterocycles. The number of rotatable bonds is 8. The van der Waals surface area contributed by atoms with Crippen molar-refractivity contribution in [1.82, 2.24) is 5.32 Å². The monoisotopic (exact) mass is 303 g/mol. The van der Waals surface area contributed by atoms with Gasteiger partial charge in [0.15, 0.2) is 0 Å². The van der Waals surface area contributed by atoms with E-state index in [1.807, 2.05) is 26.0 Å². The second-order valence-electron chi connectivity index (χ2n) is 4.85. The van der Waals surface area contributed by atoms with Crippen LogP contribution >= 0.6 is 22.9 Å². The van der Waals surface area contributed by atoms with Gasteiger partial charge in [-0.3, -0.25) is 4.79 Å². The molecular formula is C14H22ClNO2S. The maximum Gasteiger partial charge on any atom is 0.220 e. The number of hydrogen-bond donors (Lipinski definition) is 2. The number of halogens is 1. The molecular weight excluding hydrogens is 282 g/mol. The van der Waals surface area contributed by atoms with Crippen molar-refractivity contribution in [3.8, 4) is 0 Å². The lowest BCUT2D eigenvalue weighted by molar-refractivity contribution is -0.121. The van der Waals surface area contributed by atoms with Gasteiger partial charge < -0.3 is 10.4 Å². The smallest absolute Gasteiger partial charge is 0.220 e. The van der Waals surface area contributed by atoms with Crippen molar-refractivity contribution in [3.63, 3.8) is 0 Å². The van der Waals surface area contributed by atoms with E-state index in [1.165, 1.54) is 11.3 Å². The number of hydrogen-bond acceptors (Lipinski definition) is 3. The summed E-state index contributed by atoms with van der Waals surface area (Å²) >= 11 is 7.36. The Hall–Kier alpha value is -0.580. The van der Waals surface area contributed by atoms with Crippen LogP contribution in [-0.4, -0.2) is 24.2 Å². The minimum atomic E-state index is -0.179. The minimum absolute atomic E-state index is 0.0317. The van der Waals surface area contributed by atoms with E-state index in [-0.39, 0.29) is 17.9 Å². The molecule has 0 aromatic carbocycles. The molecule has 0 bridgehead atoms. The summed E-state index contributed by atoms with van der Waals surface area (Å²) in [4.78, 5) is 12.9. The number of nitrogens with one attached hydrogen (secondary N) is 1. The SMILES string of the molecule is CCC(CC)(CO)CNC(=O)CCc1ccc(Cl)s1. The highest BCUT2D eigenvalue weighted by Gasteiger charge is 2.25. The Labute approximate surface area is 124 Å². The number of amides is 1. The number of thiophene rings is 1. The van der Waals surface area contributed by atoms with Gasteiger partial charge in [0, 0.05) is 23.3 Å². The Morgan fingerprint density at radius 1 is 1.42 bits per heavy atom. The first kappa shape index (κ1) is 16.5. The Kier molecular flexibility index (Phi) is 6.83. The van der Waals surface area contributed by atoms with Crippen LogP contribution in [0.15, 0.2) is 12.1 Å². The highest BCUT2D eigenvalue weighted by atomic mass is 35.5. The first-order valence-electron chi connectivity index (χ1n) is 6.67. The minimum Gasteiger partial charge on any atom is -0.396 e. The molecule has 0 spiro atoms. The Morgan fingerprint density at radius 2 is 2.11 bits per heavy atom. The summed E-state index contributed by atoms with van der Waals surface area (Å²) in [5, 5.41) is 12.4. The van der Waals surface area contributed by atoms with E-state index in [4.69, 9.17) is 11.6 Å². The van der Waals surface area contributed by atoms with Crippen molar-refractivity contribution in [3.05, 3.63) is 21.3 Å². The average Bonchev–Trinajstić information content (AvgIpc) is 2.84. The van der Waals surface area contributed by atoms with Gasteiger partial charge in [0.25, 0.3) is 0 Å². The molecule has 3 nitrogen and oxygen atoms in total. The van der Waals surface area contributed by atoms with Crippen LogP contribution in [0.5, 0.6) is 0 Å². The summed E-state index contributed by atoms with van der Waals surface area (Å²) in [7, 11) is 0. The number of aryl methyl sites for hydroxylation is 1. The van der Waals surface area contributed by atoms with Gasteiger partial charge in [0.2, 0.25) is 5.91 Å². The largest absolute Gasteiger partial charge is 0.396 e. The molecule has 1 rings (SSSR count). The third-order valence-electron chi connectivity index (χ3n) is 3.72. The molecule has 0 unspecified atom stereocenters. The Balaban J connectivity index is 2.35. The van der Waals surface area contributed by atoms with Gasteiger partial charge in [-0.15, -0.1) is 11.3 Å². The van der Waals surface area contributed by atoms with Gasteiger partial charge in [0.05, 0.1) is 10.9 Å². The lowest BCUT2D eigenvalue weighted by Gasteiger charge is -2.29. The predicted octanol–water partition coefficient (Wildman–Crippen LogP) is 3.25. The zero-order valence-corrected chi connectivity index (χ0v) is 13.1. The summed E-state index contributed by atoms with van der Waals surface area (Å²) < 4.78 is 0.756. The van der Waals surface area contributed by atoms with Crippen LogP contribution in [0.1, 0.15) is 38.0 Å². The predicted molar refractivity (Wildman–Crippen MR) is 80.8 cm³/mol. The third kappa shape index (κ3) is 5.13. The maximum atomic E-state index is 11.8. The molecule has 5 heteroatoms. The molecule has 1 heterocycles. The van der Waals surface area contributed by atoms with E-state index in [2.05, 4.69) is 5.32 Å². The van der Waals surface area contributed by atoms with Crippen molar-refractivity contribution in [2.45, 2.75) is 39.5 Å². The number of carbonyl (C=O) groups excluding carboxylic acids is 1. The summed E-state index contributed by atoms with van der Waals surface area (Å²) in [5.41, 5.74) is -0.179. The Morgan fingerprint density at radius 3 is 2.58 bits per heavy atom. The fourth-order valence-electron chi connectivity index (χ4n) is 1.88. The lowest BCUT2D eigenvalue weighted by Crippen LogP contribution is -2.39. The van der Waals surface area contributed by atoms with Crippen molar-refractivity contribution in [1.29, 1.82) is 0 Å². The lowest BCUT2D eigenvalue weighted by atomic mass is 9.83. The van der Waals surface area contributed by atoms with Crippen LogP contribution in [0.25, 0.3) is 0 Å². The van der Waals surface area contributed by atoms with Gasteiger partial charge >= 0.3 is 0 Å². The summed E-state index contributed by atoms with van der Waals surface area (Å²) in [6, 6.07) is 3.81. The van der Waals surface area contributed by atoms with E-state index in [0.717, 1.165) is 22.1 Å². The normalized spacial score (nSPS) is 11.6. The molecule has 0 fully saturated rings. The molecule has 0 aliphatic carbocycles. The molecule has 2 N–H and O–H groups in total. The van der Waals surface area contributed by atoms with E-state index >= 15 is 0 Å². The zero-order chi connectivity index (χ0) is 14.3. The van der Waals surface area contributed by atoms with Crippen LogP contribution in [0.3, 0.4) is 0 Å². The van der Waals surface area contributed by atoms with E-state index in [0.29, 0.717) is 19.4 Å². The summed E-state index contributed by atoms with van der Waals surface area (Å²) in [6.07, 6.45) is 2.90. The molecule has 0 saturated carbocycles. The van der Waals surface area contributed by atoms with Gasteiger partial charge in [-0.1, -0.05) is 25.4 Å². The second-order valence-corrected chi connectivity index (χ2v) is 6.65. The van der Waals surface area contributed by atoms with Crippen LogP contribution in [0.4, 0.5) is 0 Å². The van der Waals surface area contributed by atoms with E-state index in [1.54, 1.807) is 0 Å². The van der Waals surface area contributed by atoms with Gasteiger partial charge in [-0.25, -0.2) is 0 Å². The first-order valence-corrected chi connectivity index (χ1v) is 7.86. The first-order chi connectivity index (χ1) is 9.05. The topological polar surface area (TPSA) is 49.3 Å². The third-order valence-corrected chi connectivity index (χ3v) is 5.01. The molecule has 0 radical (unpaired) electrons. The Bertz CT molecular complexity index is 394. The van der Waals surface area contributed by atoms with Crippen molar-refractivity contribution >= 4 is 28.8 Å². The quantitative estimate of drug-likeness (QED) is 0.774. The molecule has 19 heavy (non-hydrogen) atoms. The maximum absolute atomic E-state index is 11.8. The van der Waals surface area contributed by atoms with Crippen LogP contribution in [0.2, 0.25) is 4.34 Å². The fourth-order valence-corrected chi connectivity index (χ4v) is 2.96. The summed E-state index contributed by atoms with van der Waals surface area (Å²) in [5.74, 6) is 0.0317. The van der Waals surface area contributed by atoms with Crippen molar-refractivity contribution < 1.29 is 9.90 Å². The van der Waals surface area contributed by atoms with E-state index < -0.39 is 0 Å². The standard InChI is InChI=1S/C14H22ClNO2S/c1-3-14(4-2,10-17)9-16-13(18)8-6-11-5-7-12(15)19-11/h5,7,17H,3-4,6,8-10H2,1-2H3,(H,16,18). The molecule has 1 amide bonds. The second kappa shape index (κ2) is 7.88. The molecule has 1 aromatic rings. The van der Waals surface area contributed by atoms with Crippen molar-refractivity contribution in [2.75, 3.05) is 13.2 Å². The van der Waals surface area contributed by atoms with Crippen LogP contribution in [0, 0.1) is 5.41 Å². The highest BCUT2D eigenvalue weighted by Crippen LogP contribution is 2.25. The van der Waals surface area contributed by atoms with Gasteiger partial charge in [-0.05, 0) is 31.4 Å². The van der Waals surface area contributed by atoms with E-state index in [9.17, 15) is 9.90 Å². The van der Waals surface area contributed by atoms with Crippen LogP contribution in [-0.2, 0) is 11.2 Å². The molecule has 0 aliphatic rings. The molecule has 108 valence electrons. The fraction of sp³-hybridized carbons (Fsp3) is 0.643. The summed E-state index contributed by atoms with van der Waals surface area (Å²) in [6.45, 7) is 4.74. The molecule has 0 aliphatic heterocycles. The van der Waals surface area contributed by atoms with Gasteiger partial charge in [-0.2, -0.15) is 0 Å². The van der Waals surface area contributed by atoms with Gasteiger partial charge in [0.1, 0.15) is 0 Å².